The van der Waals surface area contributed by atoms with E-state index in [9.17, 15) is 4.79 Å². The molecule has 0 aliphatic heterocycles. The molecule has 19 heavy (non-hydrogen) atoms. The lowest BCUT2D eigenvalue weighted by molar-refractivity contribution is 0.0968. The molecule has 0 atom stereocenters. The van der Waals surface area contributed by atoms with Crippen LogP contribution in [0.3, 0.4) is 0 Å². The van der Waals surface area contributed by atoms with Crippen molar-refractivity contribution in [2.24, 2.45) is 0 Å². The predicted octanol–water partition coefficient (Wildman–Crippen LogP) is 2.98. The Morgan fingerprint density at radius 3 is 2.16 bits per heavy atom. The second kappa shape index (κ2) is 6.18. The average molecular weight is 248 g/mol. The average Bonchev–Trinajstić information content (AvgIpc) is 2.48. The van der Waals surface area contributed by atoms with Crippen LogP contribution in [0.2, 0.25) is 0 Å². The van der Waals surface area contributed by atoms with Gasteiger partial charge in [0.2, 0.25) is 0 Å². The van der Waals surface area contributed by atoms with Crippen molar-refractivity contribution in [3.8, 4) is 6.07 Å². The van der Waals surface area contributed by atoms with Crippen LogP contribution in [0, 0.1) is 11.3 Å². The Labute approximate surface area is 111 Å². The van der Waals surface area contributed by atoms with Crippen LogP contribution in [0.15, 0.2) is 66.4 Å². The van der Waals surface area contributed by atoms with Crippen LogP contribution in [-0.4, -0.2) is 5.91 Å². The molecule has 3 heteroatoms. The van der Waals surface area contributed by atoms with Crippen molar-refractivity contribution in [3.05, 3.63) is 77.5 Å². The molecule has 0 heterocycles. The van der Waals surface area contributed by atoms with Crippen molar-refractivity contribution in [3.63, 3.8) is 0 Å². The van der Waals surface area contributed by atoms with Crippen LogP contribution in [-0.2, 0) is 0 Å². The number of nitriles is 1. The monoisotopic (exact) mass is 248 g/mol. The van der Waals surface area contributed by atoms with Gasteiger partial charge in [0.15, 0.2) is 0 Å². The highest BCUT2D eigenvalue weighted by Gasteiger charge is 2.06. The molecule has 2 rings (SSSR count). The van der Waals surface area contributed by atoms with Gasteiger partial charge in [-0.15, -0.1) is 0 Å². The van der Waals surface area contributed by atoms with Gasteiger partial charge in [-0.1, -0.05) is 48.5 Å². The maximum Gasteiger partial charge on any atom is 0.256 e. The summed E-state index contributed by atoms with van der Waals surface area (Å²) in [5, 5.41) is 11.6. The normalized spacial score (nSPS) is 10.6. The standard InChI is InChI=1S/C16H12N2O/c17-12-15(11-13-7-3-1-4-8-13)18-16(19)14-9-5-2-6-10-14/h1-11H,(H,18,19)/b15-11+. The minimum absolute atomic E-state index is 0.222. The Morgan fingerprint density at radius 2 is 1.58 bits per heavy atom. The number of hydrogen-bond acceptors (Lipinski definition) is 2. The highest BCUT2D eigenvalue weighted by atomic mass is 16.1. The number of amides is 1. The molecular formula is C16H12N2O. The highest BCUT2D eigenvalue weighted by molar-refractivity contribution is 5.96. The summed E-state index contributed by atoms with van der Waals surface area (Å²) in [5.74, 6) is -0.288. The number of benzene rings is 2. The third-order valence-corrected chi connectivity index (χ3v) is 2.52. The molecule has 0 aromatic heterocycles. The summed E-state index contributed by atoms with van der Waals surface area (Å²) in [5.41, 5.74) is 1.61. The molecule has 0 bridgehead atoms. The Morgan fingerprint density at radius 1 is 1.00 bits per heavy atom. The molecule has 0 spiro atoms. The predicted molar refractivity (Wildman–Crippen MR) is 73.9 cm³/mol. The first-order valence-corrected chi connectivity index (χ1v) is 5.83. The second-order valence-electron chi connectivity index (χ2n) is 3.90. The number of carbonyl (C=O) groups is 1. The number of allylic oxidation sites excluding steroid dienone is 1. The molecule has 2 aromatic carbocycles. The molecular weight excluding hydrogens is 236 g/mol. The zero-order chi connectivity index (χ0) is 13.5. The Balaban J connectivity index is 2.15. The van der Waals surface area contributed by atoms with E-state index in [0.717, 1.165) is 5.56 Å². The molecule has 0 unspecified atom stereocenters. The fourth-order valence-corrected chi connectivity index (χ4v) is 1.60. The molecule has 0 saturated carbocycles. The number of rotatable bonds is 3. The lowest BCUT2D eigenvalue weighted by atomic mass is 10.2. The zero-order valence-corrected chi connectivity index (χ0v) is 10.2. The molecule has 0 aliphatic rings. The summed E-state index contributed by atoms with van der Waals surface area (Å²) in [4.78, 5) is 11.9. The largest absolute Gasteiger partial charge is 0.313 e. The molecule has 0 radical (unpaired) electrons. The number of nitrogens with one attached hydrogen (secondary N) is 1. The van der Waals surface area contributed by atoms with Gasteiger partial charge < -0.3 is 5.32 Å². The highest BCUT2D eigenvalue weighted by Crippen LogP contribution is 2.05. The van der Waals surface area contributed by atoms with E-state index < -0.39 is 0 Å². The van der Waals surface area contributed by atoms with E-state index in [1.807, 2.05) is 42.5 Å². The van der Waals surface area contributed by atoms with Crippen molar-refractivity contribution in [2.75, 3.05) is 0 Å². The lowest BCUT2D eigenvalue weighted by Gasteiger charge is -2.03. The first-order chi connectivity index (χ1) is 9.29. The van der Waals surface area contributed by atoms with Crippen LogP contribution >= 0.6 is 0 Å². The van der Waals surface area contributed by atoms with Gasteiger partial charge in [-0.3, -0.25) is 4.79 Å². The maximum atomic E-state index is 11.9. The Kier molecular flexibility index (Phi) is 4.09. The molecule has 1 N–H and O–H groups in total. The summed E-state index contributed by atoms with van der Waals surface area (Å²) >= 11 is 0. The van der Waals surface area contributed by atoms with Crippen molar-refractivity contribution in [1.82, 2.24) is 5.32 Å². The minimum Gasteiger partial charge on any atom is -0.313 e. The quantitative estimate of drug-likeness (QED) is 0.849. The summed E-state index contributed by atoms with van der Waals surface area (Å²) < 4.78 is 0. The van der Waals surface area contributed by atoms with E-state index in [-0.39, 0.29) is 11.6 Å². The van der Waals surface area contributed by atoms with Crippen molar-refractivity contribution in [2.45, 2.75) is 0 Å². The second-order valence-corrected chi connectivity index (χ2v) is 3.90. The van der Waals surface area contributed by atoms with Gasteiger partial charge in [-0.2, -0.15) is 5.26 Å². The fraction of sp³-hybridized carbons (Fsp3) is 0. The van der Waals surface area contributed by atoms with Crippen LogP contribution in [0.25, 0.3) is 6.08 Å². The zero-order valence-electron chi connectivity index (χ0n) is 10.2. The van der Waals surface area contributed by atoms with Gasteiger partial charge in [0, 0.05) is 5.56 Å². The third kappa shape index (κ3) is 3.55. The fourth-order valence-electron chi connectivity index (χ4n) is 1.60. The van der Waals surface area contributed by atoms with Crippen LogP contribution in [0.1, 0.15) is 15.9 Å². The van der Waals surface area contributed by atoms with Gasteiger partial charge in [0.25, 0.3) is 5.91 Å². The summed E-state index contributed by atoms with van der Waals surface area (Å²) in [7, 11) is 0. The van der Waals surface area contributed by atoms with E-state index in [4.69, 9.17) is 5.26 Å². The number of hydrogen-bond donors (Lipinski definition) is 1. The van der Waals surface area contributed by atoms with E-state index in [1.165, 1.54) is 0 Å². The molecule has 0 fully saturated rings. The van der Waals surface area contributed by atoms with Gasteiger partial charge in [-0.05, 0) is 23.8 Å². The molecule has 2 aromatic rings. The van der Waals surface area contributed by atoms with E-state index >= 15 is 0 Å². The smallest absolute Gasteiger partial charge is 0.256 e. The van der Waals surface area contributed by atoms with Crippen LogP contribution in [0.4, 0.5) is 0 Å². The molecule has 3 nitrogen and oxygen atoms in total. The van der Waals surface area contributed by atoms with Gasteiger partial charge in [0.05, 0.1) is 0 Å². The topological polar surface area (TPSA) is 52.9 Å². The first kappa shape index (κ1) is 12.6. The third-order valence-electron chi connectivity index (χ3n) is 2.52. The Bertz CT molecular complexity index is 625. The SMILES string of the molecule is N#C/C(=C\c1ccccc1)NC(=O)c1ccccc1. The number of nitrogens with zero attached hydrogens (tertiary/aromatic N) is 1. The van der Waals surface area contributed by atoms with Gasteiger partial charge >= 0.3 is 0 Å². The van der Waals surface area contributed by atoms with Crippen molar-refractivity contribution >= 4 is 12.0 Å². The molecule has 1 amide bonds. The Hall–Kier alpha value is -2.86. The first-order valence-electron chi connectivity index (χ1n) is 5.83. The molecule has 92 valence electrons. The molecule has 0 saturated heterocycles. The molecule has 0 aliphatic carbocycles. The summed E-state index contributed by atoms with van der Waals surface area (Å²) in [6.07, 6.45) is 1.64. The van der Waals surface area contributed by atoms with Crippen LogP contribution in [0.5, 0.6) is 0 Å². The van der Waals surface area contributed by atoms with Crippen LogP contribution < -0.4 is 5.32 Å². The maximum absolute atomic E-state index is 11.9. The number of carbonyl (C=O) groups excluding carboxylic acids is 1. The van der Waals surface area contributed by atoms with Gasteiger partial charge in [0.1, 0.15) is 11.8 Å². The lowest BCUT2D eigenvalue weighted by Crippen LogP contribution is -2.21. The van der Waals surface area contributed by atoms with Gasteiger partial charge in [-0.25, -0.2) is 0 Å². The van der Waals surface area contributed by atoms with E-state index in [0.29, 0.717) is 5.56 Å². The summed E-state index contributed by atoms with van der Waals surface area (Å²) in [6, 6.07) is 20.2. The summed E-state index contributed by atoms with van der Waals surface area (Å²) in [6.45, 7) is 0. The van der Waals surface area contributed by atoms with Crippen molar-refractivity contribution < 1.29 is 4.79 Å². The van der Waals surface area contributed by atoms with E-state index in [1.54, 1.807) is 30.3 Å². The minimum atomic E-state index is -0.288. The van der Waals surface area contributed by atoms with E-state index in [2.05, 4.69) is 5.32 Å². The van der Waals surface area contributed by atoms with Crippen molar-refractivity contribution in [1.29, 1.82) is 5.26 Å².